The lowest BCUT2D eigenvalue weighted by Crippen LogP contribution is -2.28. The van der Waals surface area contributed by atoms with E-state index in [0.29, 0.717) is 10.9 Å². The quantitative estimate of drug-likeness (QED) is 0.497. The molecular weight excluding hydrogens is 264 g/mol. The van der Waals surface area contributed by atoms with Gasteiger partial charge in [-0.1, -0.05) is 0 Å². The Hall–Kier alpha value is -2.18. The van der Waals surface area contributed by atoms with Crippen molar-refractivity contribution in [2.24, 2.45) is 0 Å². The Labute approximate surface area is 114 Å². The van der Waals surface area contributed by atoms with Crippen LogP contribution in [0.2, 0.25) is 0 Å². The van der Waals surface area contributed by atoms with E-state index in [0.717, 1.165) is 0 Å². The average molecular weight is 278 g/mol. The van der Waals surface area contributed by atoms with E-state index in [1.54, 1.807) is 13.8 Å². The zero-order chi connectivity index (χ0) is 14.9. The number of fused-ring (bicyclic) bond motifs is 1. The molecule has 2 rings (SSSR count). The number of carbonyl (C=O) groups excluding carboxylic acids is 1. The highest BCUT2D eigenvalue weighted by atomic mass is 16.6. The second-order valence-electron chi connectivity index (χ2n) is 4.25. The van der Waals surface area contributed by atoms with Gasteiger partial charge in [0.05, 0.1) is 0 Å². The van der Waals surface area contributed by atoms with Gasteiger partial charge in [-0.3, -0.25) is 4.79 Å². The first kappa shape index (κ1) is 14.2. The van der Waals surface area contributed by atoms with Gasteiger partial charge in [-0.15, -0.1) is 0 Å². The summed E-state index contributed by atoms with van der Waals surface area (Å²) < 4.78 is 9.80. The van der Waals surface area contributed by atoms with Crippen molar-refractivity contribution in [3.05, 3.63) is 39.7 Å². The Morgan fingerprint density at radius 3 is 2.80 bits per heavy atom. The highest BCUT2D eigenvalue weighted by molar-refractivity contribution is 6.00. The number of aryl methyl sites for hydroxylation is 1. The van der Waals surface area contributed by atoms with Crippen LogP contribution in [0.15, 0.2) is 27.4 Å². The van der Waals surface area contributed by atoms with Gasteiger partial charge in [-0.2, -0.15) is 0 Å². The van der Waals surface area contributed by atoms with E-state index in [1.807, 2.05) is 0 Å². The third kappa shape index (κ3) is 2.43. The summed E-state index contributed by atoms with van der Waals surface area (Å²) in [7, 11) is 0. The minimum absolute atomic E-state index is 0.00548. The van der Waals surface area contributed by atoms with E-state index in [1.165, 1.54) is 18.2 Å². The molecule has 0 amide bonds. The molecule has 2 N–H and O–H groups in total. The third-order valence-electron chi connectivity index (χ3n) is 2.94. The molecule has 0 aliphatic rings. The summed E-state index contributed by atoms with van der Waals surface area (Å²) in [5, 5.41) is 19.5. The molecule has 0 saturated heterocycles. The summed E-state index contributed by atoms with van der Waals surface area (Å²) in [6.45, 7) is 3.35. The highest BCUT2D eigenvalue weighted by Crippen LogP contribution is 2.25. The lowest BCUT2D eigenvalue weighted by molar-refractivity contribution is -0.0676. The molecular formula is C14H14O6. The summed E-state index contributed by atoms with van der Waals surface area (Å²) in [5.41, 5.74) is -0.556. The van der Waals surface area contributed by atoms with E-state index in [2.05, 4.69) is 0 Å². The number of phenols is 1. The molecule has 0 saturated carbocycles. The van der Waals surface area contributed by atoms with Crippen molar-refractivity contribution in [3.63, 3.8) is 0 Å². The molecule has 1 aromatic carbocycles. The molecule has 0 bridgehead atoms. The molecule has 106 valence electrons. The van der Waals surface area contributed by atoms with Gasteiger partial charge >= 0.3 is 5.63 Å². The number of hydrogen-bond donors (Lipinski definition) is 2. The molecule has 1 unspecified atom stereocenters. The van der Waals surface area contributed by atoms with E-state index >= 15 is 0 Å². The molecule has 1 heterocycles. The number of aliphatic hydroxyl groups is 1. The van der Waals surface area contributed by atoms with Crippen LogP contribution in [-0.4, -0.2) is 28.9 Å². The molecule has 0 aliphatic carbocycles. The number of aromatic hydroxyl groups is 1. The number of ketones is 1. The zero-order valence-corrected chi connectivity index (χ0v) is 11.0. The van der Waals surface area contributed by atoms with Crippen LogP contribution in [0.3, 0.4) is 0 Å². The van der Waals surface area contributed by atoms with Gasteiger partial charge in [-0.25, -0.2) is 4.79 Å². The van der Waals surface area contributed by atoms with Crippen LogP contribution >= 0.6 is 0 Å². The van der Waals surface area contributed by atoms with Gasteiger partial charge in [-0.05, 0) is 32.0 Å². The van der Waals surface area contributed by atoms with Gasteiger partial charge in [0.1, 0.15) is 16.9 Å². The molecule has 1 atom stereocenters. The fourth-order valence-electron chi connectivity index (χ4n) is 1.85. The molecule has 20 heavy (non-hydrogen) atoms. The van der Waals surface area contributed by atoms with Crippen molar-refractivity contribution < 1.29 is 24.2 Å². The maximum atomic E-state index is 11.9. The molecule has 0 aliphatic heterocycles. The first-order valence-corrected chi connectivity index (χ1v) is 6.06. The van der Waals surface area contributed by atoms with Crippen molar-refractivity contribution in [2.75, 3.05) is 6.61 Å². The van der Waals surface area contributed by atoms with E-state index in [4.69, 9.17) is 9.15 Å². The van der Waals surface area contributed by atoms with Crippen molar-refractivity contribution in [3.8, 4) is 5.75 Å². The lowest BCUT2D eigenvalue weighted by Gasteiger charge is -2.09. The average Bonchev–Trinajstić information content (AvgIpc) is 2.42. The third-order valence-corrected chi connectivity index (χ3v) is 2.94. The summed E-state index contributed by atoms with van der Waals surface area (Å²) in [6.07, 6.45) is -1.70. The van der Waals surface area contributed by atoms with Gasteiger partial charge < -0.3 is 19.4 Å². The minimum Gasteiger partial charge on any atom is -0.508 e. The van der Waals surface area contributed by atoms with Crippen LogP contribution in [0.1, 0.15) is 22.8 Å². The molecule has 6 heteroatoms. The Bertz CT molecular complexity index is 715. The predicted octanol–water partition coefficient (Wildman–Crippen LogP) is 1.34. The topological polar surface area (TPSA) is 97.0 Å². The second kappa shape index (κ2) is 5.44. The van der Waals surface area contributed by atoms with Crippen molar-refractivity contribution in [1.29, 1.82) is 0 Å². The van der Waals surface area contributed by atoms with Gasteiger partial charge in [0.15, 0.2) is 0 Å². The van der Waals surface area contributed by atoms with Crippen LogP contribution in [0.4, 0.5) is 0 Å². The minimum atomic E-state index is -1.70. The smallest absolute Gasteiger partial charge is 0.347 e. The van der Waals surface area contributed by atoms with Gasteiger partial charge in [0, 0.05) is 17.6 Å². The Morgan fingerprint density at radius 1 is 1.45 bits per heavy atom. The van der Waals surface area contributed by atoms with E-state index in [-0.39, 0.29) is 23.5 Å². The monoisotopic (exact) mass is 278 g/mol. The fourth-order valence-corrected chi connectivity index (χ4v) is 1.85. The number of Topliss-reactive ketones (excluding diaryl/α,β-unsaturated/α-hetero) is 1. The highest BCUT2D eigenvalue weighted by Gasteiger charge is 2.22. The summed E-state index contributed by atoms with van der Waals surface area (Å²) in [6, 6.07) is 4.27. The standard InChI is InChI=1S/C14H14O6/c1-3-19-14(18)11(16)9-6-8-4-5-10(15)7(2)12(8)20-13(9)17/h4-6,14-15,18H,3H2,1-2H3. The summed E-state index contributed by atoms with van der Waals surface area (Å²) in [5.74, 6) is -0.859. The molecule has 0 fully saturated rings. The van der Waals surface area contributed by atoms with Crippen LogP contribution < -0.4 is 5.63 Å². The fraction of sp³-hybridized carbons (Fsp3) is 0.286. The maximum Gasteiger partial charge on any atom is 0.347 e. The predicted molar refractivity (Wildman–Crippen MR) is 70.8 cm³/mol. The van der Waals surface area contributed by atoms with Crippen molar-refractivity contribution in [2.45, 2.75) is 20.1 Å². The zero-order valence-electron chi connectivity index (χ0n) is 11.0. The van der Waals surface area contributed by atoms with Gasteiger partial charge in [0.25, 0.3) is 0 Å². The molecule has 0 radical (unpaired) electrons. The van der Waals surface area contributed by atoms with E-state index < -0.39 is 17.7 Å². The van der Waals surface area contributed by atoms with Gasteiger partial charge in [0.2, 0.25) is 12.1 Å². The number of hydrogen-bond acceptors (Lipinski definition) is 6. The van der Waals surface area contributed by atoms with Crippen molar-refractivity contribution in [1.82, 2.24) is 0 Å². The number of benzene rings is 1. The van der Waals surface area contributed by atoms with Crippen LogP contribution in [0, 0.1) is 6.92 Å². The lowest BCUT2D eigenvalue weighted by atomic mass is 10.1. The Balaban J connectivity index is 2.57. The normalized spacial score (nSPS) is 12.6. The molecule has 6 nitrogen and oxygen atoms in total. The Kier molecular flexibility index (Phi) is 3.87. The van der Waals surface area contributed by atoms with Crippen LogP contribution in [0.25, 0.3) is 11.0 Å². The number of carbonyl (C=O) groups is 1. The SMILES string of the molecule is CCOC(O)C(=O)c1cc2ccc(O)c(C)c2oc1=O. The number of aliphatic hydroxyl groups excluding tert-OH is 1. The summed E-state index contributed by atoms with van der Waals surface area (Å²) in [4.78, 5) is 23.7. The first-order valence-electron chi connectivity index (χ1n) is 6.06. The Morgan fingerprint density at radius 2 is 2.15 bits per heavy atom. The number of phenolic OH excluding ortho intramolecular Hbond substituents is 1. The molecule has 2 aromatic rings. The number of ether oxygens (including phenoxy) is 1. The second-order valence-corrected chi connectivity index (χ2v) is 4.25. The first-order chi connectivity index (χ1) is 9.45. The maximum absolute atomic E-state index is 11.9. The number of rotatable bonds is 4. The molecule has 0 spiro atoms. The van der Waals surface area contributed by atoms with E-state index in [9.17, 15) is 19.8 Å². The van der Waals surface area contributed by atoms with Crippen LogP contribution in [-0.2, 0) is 4.74 Å². The molecule has 1 aromatic heterocycles. The van der Waals surface area contributed by atoms with Crippen molar-refractivity contribution >= 4 is 16.8 Å². The largest absolute Gasteiger partial charge is 0.508 e. The van der Waals surface area contributed by atoms with Crippen LogP contribution in [0.5, 0.6) is 5.75 Å². The summed E-state index contributed by atoms with van der Waals surface area (Å²) >= 11 is 0.